The van der Waals surface area contributed by atoms with Gasteiger partial charge in [-0.3, -0.25) is 4.90 Å². The number of hydrogen-bond acceptors (Lipinski definition) is 7. The summed E-state index contributed by atoms with van der Waals surface area (Å²) in [7, 11) is 0. The van der Waals surface area contributed by atoms with Crippen molar-refractivity contribution in [2.45, 2.75) is 13.0 Å². The standard InChI is InChI=1S/C23H27N5O3/c29-9-2-1-3-17-13-19-20(16-28-7-11-31-12-8-28)22(27-23(19)26-14-17)18-4-5-21(25-15-18)24-6-10-30/h4-5,13-15,29-30H,2,6-12,16H2,(H,24,25)(H,26,27). The molecule has 0 bridgehead atoms. The van der Waals surface area contributed by atoms with Crippen molar-refractivity contribution < 1.29 is 14.9 Å². The maximum absolute atomic E-state index is 8.99. The zero-order valence-corrected chi connectivity index (χ0v) is 17.4. The fraction of sp³-hybridized carbons (Fsp3) is 0.391. The number of morpholine rings is 1. The Kier molecular flexibility index (Phi) is 7.12. The van der Waals surface area contributed by atoms with E-state index in [1.165, 1.54) is 0 Å². The van der Waals surface area contributed by atoms with Gasteiger partial charge in [0.05, 0.1) is 32.1 Å². The first-order valence-electron chi connectivity index (χ1n) is 10.5. The van der Waals surface area contributed by atoms with E-state index in [4.69, 9.17) is 14.9 Å². The molecule has 1 fully saturated rings. The highest BCUT2D eigenvalue weighted by atomic mass is 16.5. The zero-order valence-electron chi connectivity index (χ0n) is 17.4. The van der Waals surface area contributed by atoms with Gasteiger partial charge in [0.15, 0.2) is 0 Å². The Balaban J connectivity index is 1.72. The van der Waals surface area contributed by atoms with Crippen LogP contribution in [0.15, 0.2) is 30.6 Å². The molecule has 0 amide bonds. The van der Waals surface area contributed by atoms with E-state index in [9.17, 15) is 0 Å². The van der Waals surface area contributed by atoms with Gasteiger partial charge in [-0.1, -0.05) is 11.8 Å². The van der Waals surface area contributed by atoms with Gasteiger partial charge in [0.1, 0.15) is 11.5 Å². The molecule has 1 aliphatic heterocycles. The summed E-state index contributed by atoms with van der Waals surface area (Å²) in [5.41, 5.74) is 4.78. The van der Waals surface area contributed by atoms with Crippen molar-refractivity contribution in [3.8, 4) is 23.1 Å². The molecule has 1 aliphatic rings. The number of aromatic nitrogens is 3. The molecule has 0 radical (unpaired) electrons. The number of fused-ring (bicyclic) bond motifs is 1. The van der Waals surface area contributed by atoms with Crippen LogP contribution in [0, 0.1) is 11.8 Å². The van der Waals surface area contributed by atoms with Crippen LogP contribution in [-0.2, 0) is 11.3 Å². The topological polar surface area (TPSA) is 107 Å². The van der Waals surface area contributed by atoms with Crippen LogP contribution < -0.4 is 5.32 Å². The van der Waals surface area contributed by atoms with E-state index < -0.39 is 0 Å². The molecule has 0 spiro atoms. The lowest BCUT2D eigenvalue weighted by Gasteiger charge is -2.26. The highest BCUT2D eigenvalue weighted by molar-refractivity contribution is 5.89. The molecule has 4 N–H and O–H groups in total. The third-order valence-corrected chi connectivity index (χ3v) is 5.18. The summed E-state index contributed by atoms with van der Waals surface area (Å²) in [6.07, 6.45) is 4.03. The minimum absolute atomic E-state index is 0.0510. The van der Waals surface area contributed by atoms with Crippen LogP contribution in [0.2, 0.25) is 0 Å². The van der Waals surface area contributed by atoms with Gasteiger partial charge >= 0.3 is 0 Å². The number of rotatable bonds is 7. The van der Waals surface area contributed by atoms with E-state index in [1.807, 2.05) is 18.3 Å². The van der Waals surface area contributed by atoms with Gasteiger partial charge in [0, 0.05) is 67.1 Å². The highest BCUT2D eigenvalue weighted by Gasteiger charge is 2.19. The molecule has 162 valence electrons. The summed E-state index contributed by atoms with van der Waals surface area (Å²) in [4.78, 5) is 14.9. The number of nitrogens with zero attached hydrogens (tertiary/aromatic N) is 3. The number of anilines is 1. The monoisotopic (exact) mass is 421 g/mol. The van der Waals surface area contributed by atoms with E-state index in [-0.39, 0.29) is 13.2 Å². The molecule has 8 heteroatoms. The maximum Gasteiger partial charge on any atom is 0.138 e. The SMILES string of the molecule is OCCC#Cc1cnc2[nH]c(-c3ccc(NCCO)nc3)c(CN3CCOCC3)c2c1. The molecule has 0 aromatic carbocycles. The van der Waals surface area contributed by atoms with Crippen LogP contribution in [0.4, 0.5) is 5.82 Å². The summed E-state index contributed by atoms with van der Waals surface area (Å²) in [6.45, 7) is 4.60. The van der Waals surface area contributed by atoms with Crippen LogP contribution >= 0.6 is 0 Å². The van der Waals surface area contributed by atoms with E-state index in [2.05, 4.69) is 43.1 Å². The van der Waals surface area contributed by atoms with Gasteiger partial charge in [0.25, 0.3) is 0 Å². The Morgan fingerprint density at radius 3 is 2.74 bits per heavy atom. The van der Waals surface area contributed by atoms with Gasteiger partial charge in [-0.05, 0) is 18.2 Å². The number of aliphatic hydroxyl groups is 2. The first kappa shape index (κ1) is 21.3. The summed E-state index contributed by atoms with van der Waals surface area (Å²) in [5.74, 6) is 6.78. The molecule has 8 nitrogen and oxygen atoms in total. The van der Waals surface area contributed by atoms with Crippen molar-refractivity contribution in [1.29, 1.82) is 0 Å². The number of nitrogens with one attached hydrogen (secondary N) is 2. The molecule has 4 heterocycles. The minimum atomic E-state index is 0.0510. The second-order valence-electron chi connectivity index (χ2n) is 7.35. The van der Waals surface area contributed by atoms with E-state index in [1.54, 1.807) is 6.20 Å². The van der Waals surface area contributed by atoms with Crippen LogP contribution in [-0.4, -0.2) is 76.1 Å². The average Bonchev–Trinajstić information content (AvgIpc) is 3.16. The Labute approximate surface area is 181 Å². The predicted octanol–water partition coefficient (Wildman–Crippen LogP) is 1.60. The summed E-state index contributed by atoms with van der Waals surface area (Å²) >= 11 is 0. The van der Waals surface area contributed by atoms with E-state index >= 15 is 0 Å². The molecule has 0 atom stereocenters. The first-order valence-corrected chi connectivity index (χ1v) is 10.5. The summed E-state index contributed by atoms with van der Waals surface area (Å²) in [5, 5.41) is 22.1. The number of hydrogen-bond donors (Lipinski definition) is 4. The number of pyridine rings is 2. The minimum Gasteiger partial charge on any atom is -0.395 e. The lowest BCUT2D eigenvalue weighted by Crippen LogP contribution is -2.35. The number of aromatic amines is 1. The quantitative estimate of drug-likeness (QED) is 0.429. The van der Waals surface area contributed by atoms with E-state index in [0.717, 1.165) is 72.1 Å². The van der Waals surface area contributed by atoms with Gasteiger partial charge in [0.2, 0.25) is 0 Å². The van der Waals surface area contributed by atoms with Crippen LogP contribution in [0.5, 0.6) is 0 Å². The predicted molar refractivity (Wildman–Crippen MR) is 120 cm³/mol. The van der Waals surface area contributed by atoms with Gasteiger partial charge in [-0.2, -0.15) is 0 Å². The number of aliphatic hydroxyl groups excluding tert-OH is 2. The largest absolute Gasteiger partial charge is 0.395 e. The van der Waals surface area contributed by atoms with Crippen LogP contribution in [0.1, 0.15) is 17.5 Å². The van der Waals surface area contributed by atoms with Gasteiger partial charge in [-0.15, -0.1) is 0 Å². The smallest absolute Gasteiger partial charge is 0.138 e. The lowest BCUT2D eigenvalue weighted by atomic mass is 10.1. The molecule has 4 rings (SSSR count). The maximum atomic E-state index is 8.99. The second-order valence-corrected chi connectivity index (χ2v) is 7.35. The van der Waals surface area contributed by atoms with Crippen molar-refractivity contribution in [2.75, 3.05) is 51.4 Å². The normalized spacial score (nSPS) is 14.4. The Bertz CT molecular complexity index is 1060. The summed E-state index contributed by atoms with van der Waals surface area (Å²) < 4.78 is 5.51. The van der Waals surface area contributed by atoms with Crippen molar-refractivity contribution in [3.05, 3.63) is 41.7 Å². The second kappa shape index (κ2) is 10.4. The number of H-pyrrole nitrogens is 1. The van der Waals surface area contributed by atoms with Crippen LogP contribution in [0.3, 0.4) is 0 Å². The fourth-order valence-corrected chi connectivity index (χ4v) is 3.64. The van der Waals surface area contributed by atoms with Crippen molar-refractivity contribution in [1.82, 2.24) is 19.9 Å². The summed E-state index contributed by atoms with van der Waals surface area (Å²) in [6, 6.07) is 5.99. The van der Waals surface area contributed by atoms with Crippen molar-refractivity contribution in [2.24, 2.45) is 0 Å². The fourth-order valence-electron chi connectivity index (χ4n) is 3.64. The third-order valence-electron chi connectivity index (χ3n) is 5.18. The van der Waals surface area contributed by atoms with Gasteiger partial charge in [-0.25, -0.2) is 9.97 Å². The molecular formula is C23H27N5O3. The molecule has 3 aromatic rings. The Morgan fingerprint density at radius 1 is 1.13 bits per heavy atom. The Hall–Kier alpha value is -2.96. The zero-order chi connectivity index (χ0) is 21.5. The third kappa shape index (κ3) is 5.21. The van der Waals surface area contributed by atoms with Gasteiger partial charge < -0.3 is 25.3 Å². The molecular weight excluding hydrogens is 394 g/mol. The number of ether oxygens (including phenoxy) is 1. The molecule has 0 saturated carbocycles. The van der Waals surface area contributed by atoms with Crippen molar-refractivity contribution in [3.63, 3.8) is 0 Å². The van der Waals surface area contributed by atoms with Crippen molar-refractivity contribution >= 4 is 16.9 Å². The Morgan fingerprint density at radius 2 is 2.00 bits per heavy atom. The average molecular weight is 422 g/mol. The highest BCUT2D eigenvalue weighted by Crippen LogP contribution is 2.31. The lowest BCUT2D eigenvalue weighted by molar-refractivity contribution is 0.0344. The molecule has 0 unspecified atom stereocenters. The molecule has 0 aliphatic carbocycles. The molecule has 1 saturated heterocycles. The first-order chi connectivity index (χ1) is 15.3. The van der Waals surface area contributed by atoms with E-state index in [0.29, 0.717) is 13.0 Å². The molecule has 31 heavy (non-hydrogen) atoms. The van der Waals surface area contributed by atoms with Crippen LogP contribution in [0.25, 0.3) is 22.3 Å². The molecule has 3 aromatic heterocycles.